The minimum absolute atomic E-state index is 0.0545. The highest BCUT2D eigenvalue weighted by molar-refractivity contribution is 7.90. The number of esters is 1. The molecule has 0 heterocycles. The normalized spacial score (nSPS) is 19.4. The number of sulfone groups is 1. The highest BCUT2D eigenvalue weighted by Gasteiger charge is 2.28. The molecule has 0 bridgehead atoms. The monoisotopic (exact) mass is 282 g/mol. The summed E-state index contributed by atoms with van der Waals surface area (Å²) >= 11 is 0. The Morgan fingerprint density at radius 2 is 1.89 bits per heavy atom. The third kappa shape index (κ3) is 3.20. The fraction of sp³-hybridized carbons (Fsp3) is 0.385. The number of rotatable bonds is 3. The topological polar surface area (TPSA) is 77.5 Å². The van der Waals surface area contributed by atoms with Crippen molar-refractivity contribution >= 4 is 21.6 Å². The number of carbonyl (C=O) groups excluding carboxylic acids is 2. The van der Waals surface area contributed by atoms with E-state index < -0.39 is 21.9 Å². The first-order valence-electron chi connectivity index (χ1n) is 5.92. The van der Waals surface area contributed by atoms with E-state index in [2.05, 4.69) is 0 Å². The Hall–Kier alpha value is -1.69. The summed E-state index contributed by atoms with van der Waals surface area (Å²) in [7, 11) is -3.28. The zero-order chi connectivity index (χ0) is 14.0. The van der Waals surface area contributed by atoms with Gasteiger partial charge in [-0.2, -0.15) is 0 Å². The standard InChI is InChI=1S/C13H14O5S/c1-19(16,17)10-7-5-9(6-8-10)13(15)18-12-4-2-3-11(12)14/h5-8,12H,2-4H2,1H3/t12-/m1/s1. The second kappa shape index (κ2) is 5.13. The van der Waals surface area contributed by atoms with Crippen LogP contribution in [0.5, 0.6) is 0 Å². The third-order valence-corrected chi connectivity index (χ3v) is 4.14. The summed E-state index contributed by atoms with van der Waals surface area (Å²) in [5, 5.41) is 0. The van der Waals surface area contributed by atoms with Crippen molar-refractivity contribution in [2.24, 2.45) is 0 Å². The van der Waals surface area contributed by atoms with Gasteiger partial charge in [-0.1, -0.05) is 0 Å². The minimum atomic E-state index is -3.28. The summed E-state index contributed by atoms with van der Waals surface area (Å²) in [5.74, 6) is -0.651. The van der Waals surface area contributed by atoms with Gasteiger partial charge in [-0.15, -0.1) is 0 Å². The zero-order valence-electron chi connectivity index (χ0n) is 10.5. The molecule has 0 aliphatic heterocycles. The number of ether oxygens (including phenoxy) is 1. The molecule has 1 aromatic carbocycles. The van der Waals surface area contributed by atoms with Gasteiger partial charge in [-0.05, 0) is 37.1 Å². The SMILES string of the molecule is CS(=O)(=O)c1ccc(C(=O)O[C@@H]2CCCC2=O)cc1. The first-order valence-corrected chi connectivity index (χ1v) is 7.81. The van der Waals surface area contributed by atoms with E-state index in [-0.39, 0.29) is 16.2 Å². The van der Waals surface area contributed by atoms with Crippen LogP contribution in [-0.2, 0) is 19.4 Å². The molecule has 1 fully saturated rings. The van der Waals surface area contributed by atoms with Crippen LogP contribution in [0.4, 0.5) is 0 Å². The second-order valence-electron chi connectivity index (χ2n) is 4.55. The molecule has 0 radical (unpaired) electrons. The van der Waals surface area contributed by atoms with E-state index in [4.69, 9.17) is 4.74 Å². The molecule has 0 unspecified atom stereocenters. The van der Waals surface area contributed by atoms with Crippen LogP contribution < -0.4 is 0 Å². The van der Waals surface area contributed by atoms with Crippen molar-refractivity contribution in [2.45, 2.75) is 30.3 Å². The summed E-state index contributed by atoms with van der Waals surface area (Å²) in [4.78, 5) is 23.3. The molecule has 1 aliphatic rings. The van der Waals surface area contributed by atoms with Crippen LogP contribution in [0, 0.1) is 0 Å². The number of hydrogen-bond donors (Lipinski definition) is 0. The number of benzene rings is 1. The lowest BCUT2D eigenvalue weighted by Crippen LogP contribution is -2.22. The summed E-state index contributed by atoms with van der Waals surface area (Å²) in [5.41, 5.74) is 0.243. The van der Waals surface area contributed by atoms with Gasteiger partial charge in [-0.3, -0.25) is 4.79 Å². The van der Waals surface area contributed by atoms with Gasteiger partial charge in [0.05, 0.1) is 10.5 Å². The van der Waals surface area contributed by atoms with Crippen molar-refractivity contribution in [3.8, 4) is 0 Å². The predicted octanol–water partition coefficient (Wildman–Crippen LogP) is 1.37. The predicted molar refractivity (Wildman–Crippen MR) is 67.6 cm³/mol. The molecule has 0 saturated heterocycles. The molecule has 1 aromatic rings. The van der Waals surface area contributed by atoms with Gasteiger partial charge in [0.1, 0.15) is 0 Å². The average Bonchev–Trinajstić information content (AvgIpc) is 2.74. The fourth-order valence-corrected chi connectivity index (χ4v) is 2.57. The number of ketones is 1. The van der Waals surface area contributed by atoms with E-state index in [0.29, 0.717) is 12.8 Å². The number of Topliss-reactive ketones (excluding diaryl/α,β-unsaturated/α-hetero) is 1. The van der Waals surface area contributed by atoms with Crippen LogP contribution in [0.3, 0.4) is 0 Å². The molecule has 6 heteroatoms. The smallest absolute Gasteiger partial charge is 0.338 e. The van der Waals surface area contributed by atoms with Crippen molar-refractivity contribution in [1.29, 1.82) is 0 Å². The van der Waals surface area contributed by atoms with E-state index in [0.717, 1.165) is 12.7 Å². The highest BCUT2D eigenvalue weighted by Crippen LogP contribution is 2.19. The molecule has 1 aliphatic carbocycles. The first-order chi connectivity index (χ1) is 8.88. The lowest BCUT2D eigenvalue weighted by atomic mass is 10.2. The molecule has 1 saturated carbocycles. The van der Waals surface area contributed by atoms with Crippen molar-refractivity contribution in [2.75, 3.05) is 6.26 Å². The van der Waals surface area contributed by atoms with Crippen LogP contribution >= 0.6 is 0 Å². The van der Waals surface area contributed by atoms with Crippen LogP contribution in [0.15, 0.2) is 29.2 Å². The molecule has 0 N–H and O–H groups in total. The van der Waals surface area contributed by atoms with Crippen LogP contribution in [0.1, 0.15) is 29.6 Å². The summed E-state index contributed by atoms with van der Waals surface area (Å²) < 4.78 is 27.6. The maximum Gasteiger partial charge on any atom is 0.338 e. The Kier molecular flexibility index (Phi) is 3.71. The van der Waals surface area contributed by atoms with Crippen molar-refractivity contribution in [3.05, 3.63) is 29.8 Å². The Morgan fingerprint density at radius 1 is 1.26 bits per heavy atom. The van der Waals surface area contributed by atoms with Crippen LogP contribution in [-0.4, -0.2) is 32.5 Å². The van der Waals surface area contributed by atoms with Crippen LogP contribution in [0.25, 0.3) is 0 Å². The summed E-state index contributed by atoms with van der Waals surface area (Å²) in [6, 6.07) is 5.47. The van der Waals surface area contributed by atoms with E-state index >= 15 is 0 Å². The van der Waals surface area contributed by atoms with Crippen molar-refractivity contribution in [1.82, 2.24) is 0 Å². The van der Waals surface area contributed by atoms with Gasteiger partial charge in [0.25, 0.3) is 0 Å². The van der Waals surface area contributed by atoms with Gasteiger partial charge in [0.15, 0.2) is 21.7 Å². The quantitative estimate of drug-likeness (QED) is 0.782. The summed E-state index contributed by atoms with van der Waals surface area (Å²) in [6.07, 6.45) is 2.19. The molecule has 0 amide bonds. The molecule has 1 atom stereocenters. The maximum atomic E-state index is 11.8. The average molecular weight is 282 g/mol. The molecule has 2 rings (SSSR count). The fourth-order valence-electron chi connectivity index (χ4n) is 1.94. The molecule has 0 aromatic heterocycles. The molecule has 5 nitrogen and oxygen atoms in total. The zero-order valence-corrected chi connectivity index (χ0v) is 11.3. The molecule has 0 spiro atoms. The first kappa shape index (κ1) is 13.7. The van der Waals surface area contributed by atoms with Gasteiger partial charge >= 0.3 is 5.97 Å². The maximum absolute atomic E-state index is 11.8. The lowest BCUT2D eigenvalue weighted by molar-refractivity contribution is -0.124. The van der Waals surface area contributed by atoms with Crippen molar-refractivity contribution in [3.63, 3.8) is 0 Å². The molecular weight excluding hydrogens is 268 g/mol. The Balaban J connectivity index is 2.10. The number of carbonyl (C=O) groups is 2. The highest BCUT2D eigenvalue weighted by atomic mass is 32.2. The second-order valence-corrected chi connectivity index (χ2v) is 6.56. The van der Waals surface area contributed by atoms with Gasteiger partial charge in [0.2, 0.25) is 0 Å². The van der Waals surface area contributed by atoms with E-state index in [1.807, 2.05) is 0 Å². The Morgan fingerprint density at radius 3 is 2.37 bits per heavy atom. The minimum Gasteiger partial charge on any atom is -0.451 e. The van der Waals surface area contributed by atoms with Gasteiger partial charge < -0.3 is 4.74 Å². The molecular formula is C13H14O5S. The van der Waals surface area contributed by atoms with E-state index in [9.17, 15) is 18.0 Å². The number of hydrogen-bond acceptors (Lipinski definition) is 5. The van der Waals surface area contributed by atoms with Gasteiger partial charge in [-0.25, -0.2) is 13.2 Å². The lowest BCUT2D eigenvalue weighted by Gasteiger charge is -2.10. The Labute approximate surface area is 111 Å². The van der Waals surface area contributed by atoms with E-state index in [1.165, 1.54) is 24.3 Å². The van der Waals surface area contributed by atoms with E-state index in [1.54, 1.807) is 0 Å². The van der Waals surface area contributed by atoms with Crippen molar-refractivity contribution < 1.29 is 22.7 Å². The summed E-state index contributed by atoms with van der Waals surface area (Å²) in [6.45, 7) is 0. The third-order valence-electron chi connectivity index (χ3n) is 3.02. The largest absolute Gasteiger partial charge is 0.451 e. The Bertz CT molecular complexity index is 600. The molecule has 102 valence electrons. The van der Waals surface area contributed by atoms with Gasteiger partial charge in [0, 0.05) is 12.7 Å². The van der Waals surface area contributed by atoms with Crippen LogP contribution in [0.2, 0.25) is 0 Å². The molecule has 19 heavy (non-hydrogen) atoms.